The van der Waals surface area contributed by atoms with Gasteiger partial charge in [0, 0.05) is 25.5 Å². The zero-order chi connectivity index (χ0) is 29.1. The molecule has 0 unspecified atom stereocenters. The first kappa shape index (κ1) is 27.7. The Morgan fingerprint density at radius 1 is 0.595 bits per heavy atom. The van der Waals surface area contributed by atoms with Gasteiger partial charge in [0.05, 0.1) is 26.3 Å². The van der Waals surface area contributed by atoms with Gasteiger partial charge >= 0.3 is 0 Å². The predicted molar refractivity (Wildman–Crippen MR) is 163 cm³/mol. The van der Waals surface area contributed by atoms with E-state index < -0.39 is 0 Å². The molecule has 0 spiro atoms. The molecule has 10 heteroatoms. The molecule has 6 rings (SSSR count). The van der Waals surface area contributed by atoms with E-state index in [9.17, 15) is 0 Å². The summed E-state index contributed by atoms with van der Waals surface area (Å²) in [6.45, 7) is 6.62. The highest BCUT2D eigenvalue weighted by Gasteiger charge is 2.15. The Morgan fingerprint density at radius 2 is 1.02 bits per heavy atom. The number of benzene rings is 2. The van der Waals surface area contributed by atoms with Gasteiger partial charge in [0.25, 0.3) is 0 Å². The molecule has 0 atom stereocenters. The fourth-order valence-electron chi connectivity index (χ4n) is 5.50. The van der Waals surface area contributed by atoms with E-state index in [1.165, 1.54) is 22.3 Å². The topological polar surface area (TPSA) is 125 Å². The molecule has 0 aliphatic heterocycles. The van der Waals surface area contributed by atoms with Gasteiger partial charge in [-0.25, -0.2) is 0 Å². The summed E-state index contributed by atoms with van der Waals surface area (Å²) in [7, 11) is 0. The van der Waals surface area contributed by atoms with Gasteiger partial charge in [-0.15, -0.1) is 20.4 Å². The maximum atomic E-state index is 9.04. The Kier molecular flexibility index (Phi) is 8.02. The first-order valence-corrected chi connectivity index (χ1v) is 14.1. The molecule has 0 aliphatic carbocycles. The highest BCUT2D eigenvalue weighted by Crippen LogP contribution is 2.37. The zero-order valence-corrected chi connectivity index (χ0v) is 23.7. The monoisotopic (exact) mass is 562 g/mol. The molecule has 0 aliphatic rings. The van der Waals surface area contributed by atoms with Crippen LogP contribution in [0.25, 0.3) is 44.7 Å². The summed E-state index contributed by atoms with van der Waals surface area (Å²) in [6, 6.07) is 21.2. The second kappa shape index (κ2) is 12.2. The molecule has 4 heterocycles. The van der Waals surface area contributed by atoms with Crippen molar-refractivity contribution in [3.05, 3.63) is 95.8 Å². The Balaban J connectivity index is 1.32. The van der Waals surface area contributed by atoms with Crippen molar-refractivity contribution in [3.63, 3.8) is 0 Å². The molecule has 0 radical (unpaired) electrons. The molecular formula is C32H34N8O2. The minimum Gasteiger partial charge on any atom is -0.395 e. The zero-order valence-electron chi connectivity index (χ0n) is 23.7. The van der Waals surface area contributed by atoms with Crippen LogP contribution in [0.5, 0.6) is 0 Å². The van der Waals surface area contributed by atoms with Gasteiger partial charge in [-0.1, -0.05) is 36.4 Å². The number of rotatable bonds is 11. The summed E-state index contributed by atoms with van der Waals surface area (Å²) in [4.78, 5) is 0. The molecule has 214 valence electrons. The van der Waals surface area contributed by atoms with Crippen LogP contribution in [0, 0.1) is 13.8 Å². The van der Waals surface area contributed by atoms with Crippen LogP contribution in [0.4, 0.5) is 0 Å². The number of aliphatic hydroxyl groups is 2. The maximum absolute atomic E-state index is 9.04. The van der Waals surface area contributed by atoms with Gasteiger partial charge in [-0.2, -0.15) is 0 Å². The molecule has 6 aromatic rings. The van der Waals surface area contributed by atoms with Gasteiger partial charge in [-0.05, 0) is 82.6 Å². The van der Waals surface area contributed by atoms with Crippen molar-refractivity contribution in [3.8, 4) is 33.4 Å². The third-order valence-electron chi connectivity index (χ3n) is 7.68. The summed E-state index contributed by atoms with van der Waals surface area (Å²) in [5.74, 6) is 1.61. The van der Waals surface area contributed by atoms with E-state index in [-0.39, 0.29) is 13.2 Å². The van der Waals surface area contributed by atoms with E-state index in [0.29, 0.717) is 26.2 Å². The second-order valence-corrected chi connectivity index (χ2v) is 10.3. The van der Waals surface area contributed by atoms with Gasteiger partial charge in [0.15, 0.2) is 22.9 Å². The number of nitrogens with zero attached hydrogens (tertiary/aromatic N) is 6. The van der Waals surface area contributed by atoms with Gasteiger partial charge in [-0.3, -0.25) is 8.80 Å². The smallest absolute Gasteiger partial charge is 0.161 e. The lowest BCUT2D eigenvalue weighted by atomic mass is 9.88. The highest BCUT2D eigenvalue weighted by atomic mass is 16.3. The highest BCUT2D eigenvalue weighted by molar-refractivity contribution is 5.84. The van der Waals surface area contributed by atoms with E-state index in [1.54, 1.807) is 0 Å². The lowest BCUT2D eigenvalue weighted by Crippen LogP contribution is -2.19. The average Bonchev–Trinajstić information content (AvgIpc) is 3.61. The number of hydrogen-bond donors (Lipinski definition) is 4. The summed E-state index contributed by atoms with van der Waals surface area (Å²) < 4.78 is 3.95. The van der Waals surface area contributed by atoms with Gasteiger partial charge in [0.1, 0.15) is 0 Å². The summed E-state index contributed by atoms with van der Waals surface area (Å²) in [5.41, 5.74) is 10.8. The second-order valence-electron chi connectivity index (χ2n) is 10.3. The lowest BCUT2D eigenvalue weighted by molar-refractivity contribution is 0.291. The lowest BCUT2D eigenvalue weighted by Gasteiger charge is -2.16. The maximum Gasteiger partial charge on any atom is 0.161 e. The standard InChI is InChI=1S/C32H34N8O2/c1-21-25(23-9-13-39-29(17-23)35-37-31(39)19-33-11-15-41)5-3-7-27(21)28-8-4-6-26(22(28)2)24-10-14-40-30(18-24)36-38-32(40)20-34-12-16-42/h3-10,13-14,17-18,33-34,41-42H,11-12,15-16,19-20H2,1-2H3. The largest absolute Gasteiger partial charge is 0.395 e. The van der Waals surface area contributed by atoms with Crippen molar-refractivity contribution in [1.82, 2.24) is 39.8 Å². The number of aromatic nitrogens is 6. The van der Waals surface area contributed by atoms with E-state index in [4.69, 9.17) is 10.2 Å². The van der Waals surface area contributed by atoms with Crippen LogP contribution in [0.15, 0.2) is 73.1 Å². The van der Waals surface area contributed by atoms with Crippen LogP contribution in [0.1, 0.15) is 22.8 Å². The molecule has 0 fully saturated rings. The van der Waals surface area contributed by atoms with E-state index in [2.05, 4.69) is 106 Å². The number of fused-ring (bicyclic) bond motifs is 2. The number of pyridine rings is 2. The molecule has 4 N–H and O–H groups in total. The fourth-order valence-corrected chi connectivity index (χ4v) is 5.50. The van der Waals surface area contributed by atoms with Crippen molar-refractivity contribution in [2.75, 3.05) is 26.3 Å². The SMILES string of the molecule is Cc1c(-c2ccn3c(CNCCO)nnc3c2)cccc1-c1cccc(-c2ccn3c(CNCCO)nnc3c2)c1C. The number of nitrogens with one attached hydrogen (secondary N) is 2. The fraction of sp³-hybridized carbons (Fsp3) is 0.250. The molecule has 2 aromatic carbocycles. The molecule has 42 heavy (non-hydrogen) atoms. The van der Waals surface area contributed by atoms with Crippen LogP contribution in [0.2, 0.25) is 0 Å². The minimum atomic E-state index is 0.0849. The summed E-state index contributed by atoms with van der Waals surface area (Å²) in [5, 5.41) is 41.8. The molecular weight excluding hydrogens is 528 g/mol. The molecule has 4 aromatic heterocycles. The van der Waals surface area contributed by atoms with Crippen molar-refractivity contribution in [2.24, 2.45) is 0 Å². The summed E-state index contributed by atoms with van der Waals surface area (Å²) in [6.07, 6.45) is 4.01. The Labute approximate surface area is 243 Å². The van der Waals surface area contributed by atoms with Crippen molar-refractivity contribution in [1.29, 1.82) is 0 Å². The van der Waals surface area contributed by atoms with Crippen LogP contribution in [0.3, 0.4) is 0 Å². The Morgan fingerprint density at radius 3 is 1.45 bits per heavy atom. The average molecular weight is 563 g/mol. The first-order chi connectivity index (χ1) is 20.6. The van der Waals surface area contributed by atoms with Crippen LogP contribution < -0.4 is 10.6 Å². The first-order valence-electron chi connectivity index (χ1n) is 14.1. The third kappa shape index (κ3) is 5.28. The molecule has 0 saturated heterocycles. The number of hydrogen-bond acceptors (Lipinski definition) is 8. The Bertz CT molecular complexity index is 1720. The third-order valence-corrected chi connectivity index (χ3v) is 7.68. The van der Waals surface area contributed by atoms with Crippen molar-refractivity contribution >= 4 is 11.3 Å². The van der Waals surface area contributed by atoms with Gasteiger partial charge < -0.3 is 20.8 Å². The molecule has 10 nitrogen and oxygen atoms in total. The molecule has 0 amide bonds. The van der Waals surface area contributed by atoms with E-state index >= 15 is 0 Å². The molecule has 0 saturated carbocycles. The van der Waals surface area contributed by atoms with Crippen LogP contribution in [-0.2, 0) is 13.1 Å². The van der Waals surface area contributed by atoms with E-state index in [0.717, 1.165) is 45.2 Å². The Hall–Kier alpha value is -4.48. The minimum absolute atomic E-state index is 0.0849. The van der Waals surface area contributed by atoms with E-state index in [1.807, 2.05) is 21.2 Å². The quantitative estimate of drug-likeness (QED) is 0.177. The van der Waals surface area contributed by atoms with Crippen LogP contribution >= 0.6 is 0 Å². The van der Waals surface area contributed by atoms with Crippen molar-refractivity contribution in [2.45, 2.75) is 26.9 Å². The van der Waals surface area contributed by atoms with Crippen LogP contribution in [-0.4, -0.2) is 65.7 Å². The normalized spacial score (nSPS) is 11.6. The summed E-state index contributed by atoms with van der Waals surface area (Å²) >= 11 is 0. The number of aliphatic hydroxyl groups excluding tert-OH is 2. The molecule has 0 bridgehead atoms. The predicted octanol–water partition coefficient (Wildman–Crippen LogP) is 3.55. The van der Waals surface area contributed by atoms with Crippen molar-refractivity contribution < 1.29 is 10.2 Å². The van der Waals surface area contributed by atoms with Gasteiger partial charge in [0.2, 0.25) is 0 Å².